The maximum absolute atomic E-state index is 12.7. The SMILES string of the molecule is Cc1ccc(SN(CC(=O)NCc2cccc(C)c2)c2cccc(Cl)c2C)cc1. The molecule has 150 valence electrons. The van der Waals surface area contributed by atoms with Crippen LogP contribution in [0.3, 0.4) is 0 Å². The zero-order valence-corrected chi connectivity index (χ0v) is 18.5. The fourth-order valence-corrected chi connectivity index (χ4v) is 4.13. The number of nitrogens with zero attached hydrogens (tertiary/aromatic N) is 1. The van der Waals surface area contributed by atoms with Crippen molar-refractivity contribution in [1.82, 2.24) is 5.32 Å². The molecule has 0 aromatic heterocycles. The second kappa shape index (κ2) is 9.86. The lowest BCUT2D eigenvalue weighted by Crippen LogP contribution is -2.34. The van der Waals surface area contributed by atoms with E-state index < -0.39 is 0 Å². The van der Waals surface area contributed by atoms with E-state index in [1.807, 2.05) is 54.6 Å². The Kier molecular flexibility index (Phi) is 7.24. The van der Waals surface area contributed by atoms with Crippen LogP contribution in [0.4, 0.5) is 5.69 Å². The van der Waals surface area contributed by atoms with Crippen LogP contribution < -0.4 is 9.62 Å². The molecule has 1 N–H and O–H groups in total. The molecule has 0 heterocycles. The fourth-order valence-electron chi connectivity index (χ4n) is 2.97. The number of aryl methyl sites for hydroxylation is 2. The smallest absolute Gasteiger partial charge is 0.240 e. The van der Waals surface area contributed by atoms with Gasteiger partial charge in [-0.05, 0) is 68.1 Å². The van der Waals surface area contributed by atoms with Gasteiger partial charge in [0.15, 0.2) is 0 Å². The maximum Gasteiger partial charge on any atom is 0.240 e. The first-order valence-corrected chi connectivity index (χ1v) is 10.7. The molecule has 1 amide bonds. The van der Waals surface area contributed by atoms with Gasteiger partial charge in [-0.2, -0.15) is 0 Å². The first kappa shape index (κ1) is 21.3. The predicted molar refractivity (Wildman–Crippen MR) is 124 cm³/mol. The maximum atomic E-state index is 12.7. The number of hydrogen-bond acceptors (Lipinski definition) is 3. The van der Waals surface area contributed by atoms with Crippen molar-refractivity contribution in [3.05, 3.63) is 94.0 Å². The van der Waals surface area contributed by atoms with Gasteiger partial charge in [-0.25, -0.2) is 0 Å². The molecule has 0 saturated carbocycles. The van der Waals surface area contributed by atoms with Crippen LogP contribution >= 0.6 is 23.5 Å². The molecule has 0 aliphatic rings. The van der Waals surface area contributed by atoms with Crippen molar-refractivity contribution in [1.29, 1.82) is 0 Å². The first-order valence-electron chi connectivity index (χ1n) is 9.52. The highest BCUT2D eigenvalue weighted by Crippen LogP contribution is 2.34. The van der Waals surface area contributed by atoms with Crippen LogP contribution in [0.2, 0.25) is 5.02 Å². The molecule has 0 aliphatic heterocycles. The van der Waals surface area contributed by atoms with E-state index in [1.54, 1.807) is 0 Å². The van der Waals surface area contributed by atoms with Gasteiger partial charge in [0, 0.05) is 16.5 Å². The molecule has 0 fully saturated rings. The van der Waals surface area contributed by atoms with Crippen molar-refractivity contribution in [2.75, 3.05) is 10.8 Å². The van der Waals surface area contributed by atoms with E-state index >= 15 is 0 Å². The molecular weight excluding hydrogens is 400 g/mol. The Morgan fingerprint density at radius 1 is 0.966 bits per heavy atom. The van der Waals surface area contributed by atoms with Crippen molar-refractivity contribution < 1.29 is 4.79 Å². The van der Waals surface area contributed by atoms with Crippen molar-refractivity contribution >= 4 is 35.1 Å². The zero-order chi connectivity index (χ0) is 20.8. The standard InChI is InChI=1S/C24H25ClN2OS/c1-17-10-12-21(13-11-17)29-27(23-9-5-8-22(25)19(23)3)16-24(28)26-15-20-7-4-6-18(2)14-20/h4-14H,15-16H2,1-3H3,(H,26,28). The van der Waals surface area contributed by atoms with Gasteiger partial charge in [0.05, 0.1) is 5.69 Å². The second-order valence-electron chi connectivity index (χ2n) is 7.09. The summed E-state index contributed by atoms with van der Waals surface area (Å²) in [6, 6.07) is 22.2. The van der Waals surface area contributed by atoms with E-state index in [2.05, 4.69) is 42.6 Å². The lowest BCUT2D eigenvalue weighted by Gasteiger charge is -2.25. The highest BCUT2D eigenvalue weighted by atomic mass is 35.5. The number of halogens is 1. The molecule has 0 bridgehead atoms. The number of hydrogen-bond donors (Lipinski definition) is 1. The van der Waals surface area contributed by atoms with E-state index in [0.29, 0.717) is 11.6 Å². The fraction of sp³-hybridized carbons (Fsp3) is 0.208. The van der Waals surface area contributed by atoms with Crippen LogP contribution in [-0.2, 0) is 11.3 Å². The second-order valence-corrected chi connectivity index (χ2v) is 8.59. The number of amides is 1. The summed E-state index contributed by atoms with van der Waals surface area (Å²) in [7, 11) is 0. The molecule has 5 heteroatoms. The summed E-state index contributed by atoms with van der Waals surface area (Å²) in [6.07, 6.45) is 0. The molecule has 29 heavy (non-hydrogen) atoms. The molecular formula is C24H25ClN2OS. The number of anilines is 1. The number of rotatable bonds is 7. The monoisotopic (exact) mass is 424 g/mol. The minimum Gasteiger partial charge on any atom is -0.350 e. The Balaban J connectivity index is 1.76. The molecule has 3 rings (SSSR count). The highest BCUT2D eigenvalue weighted by molar-refractivity contribution is 8.00. The molecule has 3 nitrogen and oxygen atoms in total. The van der Waals surface area contributed by atoms with Crippen molar-refractivity contribution in [3.8, 4) is 0 Å². The van der Waals surface area contributed by atoms with Crippen LogP contribution in [0.25, 0.3) is 0 Å². The lowest BCUT2D eigenvalue weighted by molar-refractivity contribution is -0.119. The van der Waals surface area contributed by atoms with Gasteiger partial charge in [-0.3, -0.25) is 4.79 Å². The van der Waals surface area contributed by atoms with Gasteiger partial charge < -0.3 is 9.62 Å². The number of nitrogens with one attached hydrogen (secondary N) is 1. The minimum absolute atomic E-state index is 0.0366. The van der Waals surface area contributed by atoms with Crippen LogP contribution in [-0.4, -0.2) is 12.5 Å². The van der Waals surface area contributed by atoms with E-state index in [9.17, 15) is 4.79 Å². The number of carbonyl (C=O) groups excluding carboxylic acids is 1. The van der Waals surface area contributed by atoms with Crippen molar-refractivity contribution in [2.45, 2.75) is 32.2 Å². The van der Waals surface area contributed by atoms with Gasteiger partial charge in [0.1, 0.15) is 6.54 Å². The summed E-state index contributed by atoms with van der Waals surface area (Å²) in [5, 5.41) is 3.72. The van der Waals surface area contributed by atoms with E-state index in [-0.39, 0.29) is 12.5 Å². The average Bonchev–Trinajstić information content (AvgIpc) is 2.70. The van der Waals surface area contributed by atoms with Gasteiger partial charge in [0.2, 0.25) is 5.91 Å². The summed E-state index contributed by atoms with van der Waals surface area (Å²) in [6.45, 7) is 6.83. The van der Waals surface area contributed by atoms with Crippen molar-refractivity contribution in [3.63, 3.8) is 0 Å². The lowest BCUT2D eigenvalue weighted by atomic mass is 10.1. The number of benzene rings is 3. The molecule has 0 unspecified atom stereocenters. The third-order valence-electron chi connectivity index (χ3n) is 4.60. The summed E-state index contributed by atoms with van der Waals surface area (Å²) in [5.74, 6) is -0.0366. The van der Waals surface area contributed by atoms with Crippen LogP contribution in [0.1, 0.15) is 22.3 Å². The molecule has 3 aromatic rings. The predicted octanol–water partition coefficient (Wildman–Crippen LogP) is 6.10. The zero-order valence-electron chi connectivity index (χ0n) is 16.9. The van der Waals surface area contributed by atoms with Gasteiger partial charge in [-0.1, -0.05) is 65.2 Å². The Morgan fingerprint density at radius 3 is 2.41 bits per heavy atom. The molecule has 3 aromatic carbocycles. The molecule has 0 spiro atoms. The Labute approximate surface area is 182 Å². The van der Waals surface area contributed by atoms with E-state index in [1.165, 1.54) is 23.1 Å². The Morgan fingerprint density at radius 2 is 1.69 bits per heavy atom. The third-order valence-corrected chi connectivity index (χ3v) is 6.04. The van der Waals surface area contributed by atoms with Crippen molar-refractivity contribution in [2.24, 2.45) is 0 Å². The van der Waals surface area contributed by atoms with Gasteiger partial charge >= 0.3 is 0 Å². The third kappa shape index (κ3) is 6.02. The Hall–Kier alpha value is -2.43. The normalized spacial score (nSPS) is 10.6. The molecule has 0 aliphatic carbocycles. The van der Waals surface area contributed by atoms with Crippen LogP contribution in [0, 0.1) is 20.8 Å². The van der Waals surface area contributed by atoms with Crippen LogP contribution in [0.15, 0.2) is 71.6 Å². The summed E-state index contributed by atoms with van der Waals surface area (Å²) >= 11 is 7.88. The molecule has 0 atom stereocenters. The van der Waals surface area contributed by atoms with E-state index in [4.69, 9.17) is 11.6 Å². The quantitative estimate of drug-likeness (QED) is 0.465. The highest BCUT2D eigenvalue weighted by Gasteiger charge is 2.16. The largest absolute Gasteiger partial charge is 0.350 e. The number of carbonyl (C=O) groups is 1. The van der Waals surface area contributed by atoms with Crippen LogP contribution in [0.5, 0.6) is 0 Å². The van der Waals surface area contributed by atoms with Gasteiger partial charge in [0.25, 0.3) is 0 Å². The molecule has 0 radical (unpaired) electrons. The topological polar surface area (TPSA) is 32.3 Å². The Bertz CT molecular complexity index is 988. The summed E-state index contributed by atoms with van der Waals surface area (Å²) in [4.78, 5) is 13.8. The minimum atomic E-state index is -0.0366. The van der Waals surface area contributed by atoms with E-state index in [0.717, 1.165) is 21.7 Å². The average molecular weight is 425 g/mol. The van der Waals surface area contributed by atoms with Gasteiger partial charge in [-0.15, -0.1) is 0 Å². The first-order chi connectivity index (χ1) is 13.9. The molecule has 0 saturated heterocycles. The summed E-state index contributed by atoms with van der Waals surface area (Å²) < 4.78 is 2.00. The summed E-state index contributed by atoms with van der Waals surface area (Å²) in [5.41, 5.74) is 5.38.